The van der Waals surface area contributed by atoms with Gasteiger partial charge in [0.05, 0.1) is 5.92 Å². The van der Waals surface area contributed by atoms with Crippen molar-refractivity contribution < 1.29 is 0 Å². The molecule has 1 fully saturated rings. The molecule has 23 heavy (non-hydrogen) atoms. The maximum atomic E-state index is 4.34. The number of piperidine rings is 1. The van der Waals surface area contributed by atoms with Gasteiger partial charge in [-0.05, 0) is 37.3 Å². The second kappa shape index (κ2) is 7.38. The van der Waals surface area contributed by atoms with Crippen LogP contribution in [0.3, 0.4) is 0 Å². The van der Waals surface area contributed by atoms with Crippen molar-refractivity contribution >= 4 is 5.57 Å². The summed E-state index contributed by atoms with van der Waals surface area (Å²) < 4.78 is 0. The minimum Gasteiger partial charge on any atom is -0.374 e. The molecule has 1 aromatic rings. The monoisotopic (exact) mass is 303 g/mol. The van der Waals surface area contributed by atoms with Crippen LogP contribution in [0.5, 0.6) is 0 Å². The van der Waals surface area contributed by atoms with E-state index < -0.39 is 0 Å². The Hall–Kier alpha value is -2.20. The highest BCUT2D eigenvalue weighted by molar-refractivity contribution is 5.74. The average molecular weight is 303 g/mol. The Labute approximate surface area is 140 Å². The lowest BCUT2D eigenvalue weighted by Crippen LogP contribution is -2.31. The number of hydrogen-bond acceptors (Lipinski definition) is 1. The first kappa shape index (κ1) is 15.7. The van der Waals surface area contributed by atoms with Crippen LogP contribution in [0.4, 0.5) is 0 Å². The lowest BCUT2D eigenvalue weighted by atomic mass is 9.96. The van der Waals surface area contributed by atoms with Gasteiger partial charge in [0.2, 0.25) is 0 Å². The average Bonchev–Trinajstić information content (AvgIpc) is 2.56. The number of benzene rings is 1. The molecule has 1 atom stereocenters. The van der Waals surface area contributed by atoms with Crippen molar-refractivity contribution in [1.29, 1.82) is 0 Å². The summed E-state index contributed by atoms with van der Waals surface area (Å²) in [6, 6.07) is 8.71. The highest BCUT2D eigenvalue weighted by Gasteiger charge is 2.17. The van der Waals surface area contributed by atoms with Crippen LogP contribution in [0, 0.1) is 24.7 Å². The third-order valence-corrected chi connectivity index (χ3v) is 4.66. The molecule has 0 radical (unpaired) electrons. The molecule has 1 heterocycles. The van der Waals surface area contributed by atoms with Gasteiger partial charge in [-0.15, -0.1) is 0 Å². The summed E-state index contributed by atoms with van der Waals surface area (Å²) in [5.74, 6) is 6.82. The van der Waals surface area contributed by atoms with Gasteiger partial charge in [-0.3, -0.25) is 0 Å². The molecule has 0 saturated carbocycles. The van der Waals surface area contributed by atoms with Crippen molar-refractivity contribution in [2.75, 3.05) is 13.1 Å². The van der Waals surface area contributed by atoms with E-state index in [0.29, 0.717) is 0 Å². The lowest BCUT2D eigenvalue weighted by Gasteiger charge is -2.32. The van der Waals surface area contributed by atoms with E-state index in [-0.39, 0.29) is 5.92 Å². The van der Waals surface area contributed by atoms with E-state index in [1.807, 2.05) is 0 Å². The summed E-state index contributed by atoms with van der Waals surface area (Å²) in [5.41, 5.74) is 4.98. The fourth-order valence-corrected chi connectivity index (χ4v) is 3.18. The second-order valence-corrected chi connectivity index (χ2v) is 6.43. The molecule has 118 valence electrons. The largest absolute Gasteiger partial charge is 0.374 e. The number of allylic oxidation sites excluding steroid dienone is 4. The zero-order valence-electron chi connectivity index (χ0n) is 14.0. The fourth-order valence-electron chi connectivity index (χ4n) is 3.18. The van der Waals surface area contributed by atoms with E-state index >= 15 is 0 Å². The molecular formula is C22H25N. The smallest absolute Gasteiger partial charge is 0.0778 e. The van der Waals surface area contributed by atoms with Crippen molar-refractivity contribution in [2.45, 2.75) is 32.6 Å². The number of likely N-dealkylation sites (tertiary alicyclic amines) is 1. The highest BCUT2D eigenvalue weighted by Crippen LogP contribution is 2.24. The van der Waals surface area contributed by atoms with Crippen molar-refractivity contribution in [2.24, 2.45) is 5.92 Å². The van der Waals surface area contributed by atoms with Gasteiger partial charge in [-0.1, -0.05) is 66.5 Å². The maximum absolute atomic E-state index is 4.34. The van der Waals surface area contributed by atoms with Gasteiger partial charge >= 0.3 is 0 Å². The molecule has 1 heteroatoms. The van der Waals surface area contributed by atoms with E-state index in [0.717, 1.165) is 19.5 Å². The van der Waals surface area contributed by atoms with Crippen LogP contribution in [0.1, 0.15) is 36.8 Å². The number of hydrogen-bond donors (Lipinski definition) is 0. The van der Waals surface area contributed by atoms with Crippen LogP contribution in [0.2, 0.25) is 0 Å². The van der Waals surface area contributed by atoms with E-state index in [4.69, 9.17) is 0 Å². The Kier molecular flexibility index (Phi) is 5.03. The molecule has 1 nitrogen and oxygen atoms in total. The minimum atomic E-state index is 0.141. The molecule has 0 N–H and O–H groups in total. The summed E-state index contributed by atoms with van der Waals surface area (Å²) >= 11 is 0. The van der Waals surface area contributed by atoms with Gasteiger partial charge in [0.25, 0.3) is 0 Å². The summed E-state index contributed by atoms with van der Waals surface area (Å²) in [7, 11) is 0. The zero-order valence-corrected chi connectivity index (χ0v) is 14.0. The Bertz CT molecular complexity index is 673. The van der Waals surface area contributed by atoms with Crippen LogP contribution in [-0.2, 0) is 0 Å². The van der Waals surface area contributed by atoms with Crippen LogP contribution in [0.25, 0.3) is 5.57 Å². The first-order chi connectivity index (χ1) is 11.2. The molecule has 2 aliphatic rings. The summed E-state index contributed by atoms with van der Waals surface area (Å²) in [4.78, 5) is 2.42. The molecule has 0 bridgehead atoms. The Morgan fingerprint density at radius 2 is 1.87 bits per heavy atom. The van der Waals surface area contributed by atoms with E-state index in [9.17, 15) is 0 Å². The van der Waals surface area contributed by atoms with E-state index in [1.165, 1.54) is 41.7 Å². The van der Waals surface area contributed by atoms with Crippen LogP contribution >= 0.6 is 0 Å². The summed E-state index contributed by atoms with van der Waals surface area (Å²) in [6.45, 7) is 8.72. The number of aryl methyl sites for hydroxylation is 1. The predicted molar refractivity (Wildman–Crippen MR) is 98.7 cm³/mol. The van der Waals surface area contributed by atoms with E-state index in [2.05, 4.69) is 72.7 Å². The predicted octanol–water partition coefficient (Wildman–Crippen LogP) is 4.96. The van der Waals surface area contributed by atoms with Gasteiger partial charge < -0.3 is 4.90 Å². The Morgan fingerprint density at radius 3 is 2.61 bits per heavy atom. The SMILES string of the molecule is C=C(C1C#CC/C=C(c2ccc(C)cc2)\C=C/1)N1CCCCC1. The number of rotatable bonds is 3. The van der Waals surface area contributed by atoms with Gasteiger partial charge in [-0.2, -0.15) is 0 Å². The lowest BCUT2D eigenvalue weighted by molar-refractivity contribution is 0.274. The molecule has 0 amide bonds. The van der Waals surface area contributed by atoms with Crippen LogP contribution in [0.15, 0.2) is 54.8 Å². The maximum Gasteiger partial charge on any atom is 0.0778 e. The third-order valence-electron chi connectivity index (χ3n) is 4.66. The first-order valence-electron chi connectivity index (χ1n) is 8.61. The molecule has 3 rings (SSSR count). The van der Waals surface area contributed by atoms with Crippen molar-refractivity contribution in [3.63, 3.8) is 0 Å². The molecule has 1 saturated heterocycles. The van der Waals surface area contributed by atoms with Crippen molar-refractivity contribution in [3.05, 3.63) is 65.9 Å². The molecule has 1 aliphatic heterocycles. The quantitative estimate of drug-likeness (QED) is 0.714. The van der Waals surface area contributed by atoms with Crippen molar-refractivity contribution in [1.82, 2.24) is 4.90 Å². The van der Waals surface area contributed by atoms with E-state index in [1.54, 1.807) is 0 Å². The summed E-state index contributed by atoms with van der Waals surface area (Å²) in [5, 5.41) is 0. The van der Waals surface area contributed by atoms with Gasteiger partial charge in [0.1, 0.15) is 0 Å². The van der Waals surface area contributed by atoms with Gasteiger partial charge in [0, 0.05) is 25.2 Å². The van der Waals surface area contributed by atoms with Gasteiger partial charge in [-0.25, -0.2) is 0 Å². The number of nitrogens with zero attached hydrogens (tertiary/aromatic N) is 1. The van der Waals surface area contributed by atoms with Crippen LogP contribution < -0.4 is 0 Å². The fraction of sp³-hybridized carbons (Fsp3) is 0.364. The molecular weight excluding hydrogens is 278 g/mol. The Balaban J connectivity index is 1.77. The molecule has 0 aromatic heterocycles. The zero-order chi connectivity index (χ0) is 16.1. The standard InChI is InChI=1S/C22H25N/c1-18-10-12-22(13-11-18)21-9-5-4-8-20(14-15-21)19(2)23-16-6-3-7-17-23/h9-15,20H,2-3,5-7,16-17H2,1H3/b15-14-,21-9+. The normalized spacial score (nSPS) is 24.5. The minimum absolute atomic E-state index is 0.141. The second-order valence-electron chi connectivity index (χ2n) is 6.43. The highest BCUT2D eigenvalue weighted by atomic mass is 15.1. The molecule has 1 aromatic carbocycles. The summed E-state index contributed by atoms with van der Waals surface area (Å²) in [6.07, 6.45) is 11.4. The van der Waals surface area contributed by atoms with Gasteiger partial charge in [0.15, 0.2) is 0 Å². The third kappa shape index (κ3) is 3.96. The van der Waals surface area contributed by atoms with Crippen molar-refractivity contribution in [3.8, 4) is 11.8 Å². The Morgan fingerprint density at radius 1 is 1.13 bits per heavy atom. The molecule has 1 unspecified atom stereocenters. The topological polar surface area (TPSA) is 3.24 Å². The van der Waals surface area contributed by atoms with Crippen LogP contribution in [-0.4, -0.2) is 18.0 Å². The molecule has 1 aliphatic carbocycles. The first-order valence-corrected chi connectivity index (χ1v) is 8.61. The molecule has 0 spiro atoms.